The van der Waals surface area contributed by atoms with E-state index in [2.05, 4.69) is 4.99 Å². The molecule has 0 radical (unpaired) electrons. The van der Waals surface area contributed by atoms with Crippen LogP contribution in [0.3, 0.4) is 0 Å². The molecule has 0 spiro atoms. The summed E-state index contributed by atoms with van der Waals surface area (Å²) >= 11 is 1.42. The first-order chi connectivity index (χ1) is 8.08. The van der Waals surface area contributed by atoms with E-state index in [1.54, 1.807) is 0 Å². The van der Waals surface area contributed by atoms with Gasteiger partial charge in [0.1, 0.15) is 29.8 Å². The van der Waals surface area contributed by atoms with Crippen LogP contribution in [-0.4, -0.2) is 75.4 Å². The van der Waals surface area contributed by atoms with Crippen molar-refractivity contribution in [2.24, 2.45) is 4.99 Å². The molecule has 0 unspecified atom stereocenters. The Morgan fingerprint density at radius 3 is 2.71 bits per heavy atom. The van der Waals surface area contributed by atoms with E-state index >= 15 is 0 Å². The van der Waals surface area contributed by atoms with Gasteiger partial charge in [0.15, 0.2) is 5.17 Å². The molecule has 2 aliphatic rings. The summed E-state index contributed by atoms with van der Waals surface area (Å²) in [6.45, 7) is 2.52. The topological polar surface area (TPSA) is 85.5 Å². The lowest BCUT2D eigenvalue weighted by molar-refractivity contribution is -0.164. The molecule has 0 aliphatic carbocycles. The number of thioether (sulfide) groups is 1. The summed E-state index contributed by atoms with van der Waals surface area (Å²) in [7, 11) is 1.91. The number of nitrogens with zero attached hydrogens (tertiary/aromatic N) is 2. The zero-order chi connectivity index (χ0) is 12.6. The second-order valence-corrected chi connectivity index (χ2v) is 5.31. The summed E-state index contributed by atoms with van der Waals surface area (Å²) in [6.07, 6.45) is -2.81. The van der Waals surface area contributed by atoms with Gasteiger partial charge in [-0.3, -0.25) is 4.99 Å². The largest absolute Gasteiger partial charge is 0.394 e. The second-order valence-electron chi connectivity index (χ2n) is 4.24. The van der Waals surface area contributed by atoms with E-state index in [-0.39, 0.29) is 12.0 Å². The van der Waals surface area contributed by atoms with Gasteiger partial charge in [-0.15, -0.1) is 0 Å². The molecule has 98 valence electrons. The zero-order valence-corrected chi connectivity index (χ0v) is 10.7. The van der Waals surface area contributed by atoms with Crippen molar-refractivity contribution in [3.8, 4) is 0 Å². The highest BCUT2D eigenvalue weighted by molar-refractivity contribution is 8.14. The smallest absolute Gasteiger partial charge is 0.162 e. The molecule has 0 aromatic carbocycles. The first-order valence-electron chi connectivity index (χ1n) is 5.66. The molecule has 0 aromatic heterocycles. The van der Waals surface area contributed by atoms with Crippen LogP contribution in [0.15, 0.2) is 4.99 Å². The molecule has 2 aliphatic heterocycles. The Bertz CT molecular complexity index is 315. The van der Waals surface area contributed by atoms with Gasteiger partial charge >= 0.3 is 0 Å². The lowest BCUT2D eigenvalue weighted by Gasteiger charge is -2.37. The van der Waals surface area contributed by atoms with E-state index in [1.165, 1.54) is 11.8 Å². The number of aliphatic hydroxyl groups excluding tert-OH is 3. The van der Waals surface area contributed by atoms with Crippen LogP contribution in [0.4, 0.5) is 0 Å². The van der Waals surface area contributed by atoms with Crippen LogP contribution < -0.4 is 0 Å². The van der Waals surface area contributed by atoms with Gasteiger partial charge in [0.25, 0.3) is 0 Å². The minimum Gasteiger partial charge on any atom is -0.394 e. The Kier molecular flexibility index (Phi) is 3.94. The van der Waals surface area contributed by atoms with E-state index in [1.807, 2.05) is 18.9 Å². The third-order valence-electron chi connectivity index (χ3n) is 3.13. The van der Waals surface area contributed by atoms with Crippen molar-refractivity contribution >= 4 is 16.9 Å². The van der Waals surface area contributed by atoms with E-state index in [0.29, 0.717) is 0 Å². The molecule has 0 amide bonds. The number of aliphatic hydroxyl groups is 3. The molecule has 0 saturated carbocycles. The molecular weight excluding hydrogens is 244 g/mol. The Labute approximate surface area is 104 Å². The van der Waals surface area contributed by atoms with Crippen LogP contribution in [0.1, 0.15) is 6.92 Å². The van der Waals surface area contributed by atoms with Crippen molar-refractivity contribution < 1.29 is 20.1 Å². The maximum atomic E-state index is 9.94. The first-order valence-corrected chi connectivity index (χ1v) is 6.54. The molecule has 1 fully saturated rings. The molecule has 2 heterocycles. The van der Waals surface area contributed by atoms with Gasteiger partial charge in [0.2, 0.25) is 0 Å². The quantitative estimate of drug-likeness (QED) is 0.582. The number of ether oxygens (including phenoxy) is 1. The number of amidine groups is 1. The van der Waals surface area contributed by atoms with E-state index in [9.17, 15) is 10.2 Å². The number of hydrogen-bond donors (Lipinski definition) is 3. The van der Waals surface area contributed by atoms with Crippen molar-refractivity contribution in [3.05, 3.63) is 0 Å². The van der Waals surface area contributed by atoms with Gasteiger partial charge in [0.05, 0.1) is 6.61 Å². The maximum Gasteiger partial charge on any atom is 0.162 e. The molecule has 0 aromatic rings. The Balaban J connectivity index is 2.12. The van der Waals surface area contributed by atoms with Crippen LogP contribution in [-0.2, 0) is 4.74 Å². The lowest BCUT2D eigenvalue weighted by atomic mass is 9.99. The predicted molar refractivity (Wildman–Crippen MR) is 64.9 cm³/mol. The van der Waals surface area contributed by atoms with E-state index < -0.39 is 24.4 Å². The second kappa shape index (κ2) is 5.11. The van der Waals surface area contributed by atoms with Crippen molar-refractivity contribution in [1.82, 2.24) is 4.90 Å². The van der Waals surface area contributed by atoms with Crippen LogP contribution in [0.5, 0.6) is 0 Å². The molecule has 1 saturated heterocycles. The van der Waals surface area contributed by atoms with E-state index in [0.717, 1.165) is 11.7 Å². The minimum atomic E-state index is -1.09. The molecule has 6 nitrogen and oxygen atoms in total. The molecule has 0 bridgehead atoms. The SMILES string of the molecule is CCN(C)C1=N[C@@H]2[C@@H](O)[C@H](O)[C@@H](CO)O[C@@H]2S1. The normalized spacial score (nSPS) is 41.0. The van der Waals surface area contributed by atoms with Crippen molar-refractivity contribution in [2.45, 2.75) is 36.7 Å². The molecule has 17 heavy (non-hydrogen) atoms. The third kappa shape index (κ3) is 2.30. The fourth-order valence-corrected chi connectivity index (χ4v) is 3.15. The molecular formula is C10H18N2O4S. The fourth-order valence-electron chi connectivity index (χ4n) is 1.89. The highest BCUT2D eigenvalue weighted by atomic mass is 32.2. The number of hydrogen-bond acceptors (Lipinski definition) is 7. The highest BCUT2D eigenvalue weighted by Gasteiger charge is 2.48. The zero-order valence-electron chi connectivity index (χ0n) is 9.85. The van der Waals surface area contributed by atoms with Gasteiger partial charge in [-0.05, 0) is 6.92 Å². The fraction of sp³-hybridized carbons (Fsp3) is 0.900. The summed E-state index contributed by atoms with van der Waals surface area (Å²) in [6, 6.07) is -0.457. The summed E-state index contributed by atoms with van der Waals surface area (Å²) in [4.78, 5) is 6.33. The van der Waals surface area contributed by atoms with Gasteiger partial charge < -0.3 is 25.0 Å². The number of aliphatic imine (C=N–C) groups is 1. The predicted octanol–water partition coefficient (Wildman–Crippen LogP) is -1.15. The average molecular weight is 262 g/mol. The first kappa shape index (κ1) is 13.1. The lowest BCUT2D eigenvalue weighted by Crippen LogP contribution is -2.55. The maximum absolute atomic E-state index is 9.94. The van der Waals surface area contributed by atoms with Crippen LogP contribution in [0, 0.1) is 0 Å². The number of fused-ring (bicyclic) bond motifs is 1. The summed E-state index contributed by atoms with van der Waals surface area (Å²) < 4.78 is 5.53. The Morgan fingerprint density at radius 2 is 2.12 bits per heavy atom. The van der Waals surface area contributed by atoms with Crippen LogP contribution >= 0.6 is 11.8 Å². The summed E-state index contributed by atoms with van der Waals surface area (Å²) in [5.41, 5.74) is -0.324. The van der Waals surface area contributed by atoms with Crippen molar-refractivity contribution in [1.29, 1.82) is 0 Å². The average Bonchev–Trinajstić information content (AvgIpc) is 2.76. The van der Waals surface area contributed by atoms with Gasteiger partial charge in [0, 0.05) is 13.6 Å². The standard InChI is InChI=1S/C10H18N2O4S/c1-3-12(2)10-11-6-8(15)7(14)5(4-13)16-9(6)17-10/h5-9,13-15H,3-4H2,1-2H3/t5-,6-,7-,8-,9-/m1/s1. The summed E-state index contributed by atoms with van der Waals surface area (Å²) in [5, 5.41) is 29.5. The summed E-state index contributed by atoms with van der Waals surface area (Å²) in [5.74, 6) is 0. The van der Waals surface area contributed by atoms with Gasteiger partial charge in [-0.1, -0.05) is 11.8 Å². The van der Waals surface area contributed by atoms with Gasteiger partial charge in [-0.2, -0.15) is 0 Å². The minimum absolute atomic E-state index is 0.305. The Hall–Kier alpha value is -0.340. The monoisotopic (exact) mass is 262 g/mol. The van der Waals surface area contributed by atoms with Gasteiger partial charge in [-0.25, -0.2) is 0 Å². The van der Waals surface area contributed by atoms with E-state index in [4.69, 9.17) is 9.84 Å². The van der Waals surface area contributed by atoms with Crippen molar-refractivity contribution in [2.75, 3.05) is 20.2 Å². The van der Waals surface area contributed by atoms with Crippen LogP contribution in [0.2, 0.25) is 0 Å². The van der Waals surface area contributed by atoms with Crippen LogP contribution in [0.25, 0.3) is 0 Å². The highest BCUT2D eigenvalue weighted by Crippen LogP contribution is 2.36. The Morgan fingerprint density at radius 1 is 1.41 bits per heavy atom. The third-order valence-corrected chi connectivity index (χ3v) is 4.38. The van der Waals surface area contributed by atoms with Crippen molar-refractivity contribution in [3.63, 3.8) is 0 Å². The number of rotatable bonds is 2. The molecule has 7 heteroatoms. The molecule has 3 N–H and O–H groups in total. The molecule has 2 rings (SSSR count). The molecule has 5 atom stereocenters.